The number of hydrogen-bond acceptors (Lipinski definition) is 7. The molecule has 1 amide bonds. The summed E-state index contributed by atoms with van der Waals surface area (Å²) in [6.45, 7) is 3.80. The molecule has 1 N–H and O–H groups in total. The summed E-state index contributed by atoms with van der Waals surface area (Å²) in [6.07, 6.45) is 3.63. The SMILES string of the molecule is CCCCCOc1ccc([C@H]2/C(=C(\O)c3ccc4c(c3)OCCO4)C(=O)C(=O)N2CCc2ccccc2)cc1OC. The molecule has 1 atom stereocenters. The first-order valence-electron chi connectivity index (χ1n) is 14.0. The van der Waals surface area contributed by atoms with E-state index in [1.54, 1.807) is 37.4 Å². The van der Waals surface area contributed by atoms with Gasteiger partial charge in [0, 0.05) is 12.1 Å². The zero-order valence-electron chi connectivity index (χ0n) is 23.4. The normalized spacial score (nSPS) is 17.5. The van der Waals surface area contributed by atoms with E-state index in [4.69, 9.17) is 18.9 Å². The summed E-state index contributed by atoms with van der Waals surface area (Å²) >= 11 is 0. The van der Waals surface area contributed by atoms with Gasteiger partial charge >= 0.3 is 0 Å². The molecule has 0 unspecified atom stereocenters. The predicted molar refractivity (Wildman–Crippen MR) is 155 cm³/mol. The number of fused-ring (bicyclic) bond motifs is 1. The van der Waals surface area contributed by atoms with Crippen molar-refractivity contribution in [1.82, 2.24) is 4.90 Å². The van der Waals surface area contributed by atoms with E-state index in [-0.39, 0.29) is 17.9 Å². The second kappa shape index (κ2) is 12.8. The maximum Gasteiger partial charge on any atom is 0.295 e. The van der Waals surface area contributed by atoms with Crippen LogP contribution in [0.2, 0.25) is 0 Å². The van der Waals surface area contributed by atoms with Gasteiger partial charge in [-0.25, -0.2) is 0 Å². The van der Waals surface area contributed by atoms with Gasteiger partial charge in [-0.05, 0) is 54.3 Å². The van der Waals surface area contributed by atoms with Gasteiger partial charge in [-0.3, -0.25) is 9.59 Å². The van der Waals surface area contributed by atoms with Crippen molar-refractivity contribution in [2.24, 2.45) is 0 Å². The average Bonchev–Trinajstić information content (AvgIpc) is 3.27. The van der Waals surface area contributed by atoms with Gasteiger partial charge in [0.05, 0.1) is 25.3 Å². The highest BCUT2D eigenvalue weighted by Gasteiger charge is 2.46. The standard InChI is InChI=1S/C33H35NO7/c1-3-4-8-17-39-25-13-11-23(20-27(25)38-2)30-29(31(35)24-12-14-26-28(21-24)41-19-18-40-26)32(36)33(37)34(30)16-15-22-9-6-5-7-10-22/h5-7,9-14,20-21,30,35H,3-4,8,15-19H2,1-2H3/b31-29+/t30-/m0/s1. The average molecular weight is 558 g/mol. The molecule has 1 saturated heterocycles. The van der Waals surface area contributed by atoms with Gasteiger partial charge in [0.15, 0.2) is 23.0 Å². The minimum absolute atomic E-state index is 0.0124. The number of Topliss-reactive ketones (excluding diaryl/α,β-unsaturated/α-hetero) is 1. The Morgan fingerprint density at radius 2 is 1.73 bits per heavy atom. The van der Waals surface area contributed by atoms with Crippen molar-refractivity contribution in [3.8, 4) is 23.0 Å². The zero-order valence-corrected chi connectivity index (χ0v) is 23.4. The van der Waals surface area contributed by atoms with Crippen molar-refractivity contribution in [2.45, 2.75) is 38.6 Å². The molecule has 0 radical (unpaired) electrons. The summed E-state index contributed by atoms with van der Waals surface area (Å²) in [4.78, 5) is 28.5. The second-order valence-electron chi connectivity index (χ2n) is 10.1. The molecule has 0 aromatic heterocycles. The third kappa shape index (κ3) is 6.01. The number of amides is 1. The molecule has 2 aliphatic heterocycles. The van der Waals surface area contributed by atoms with Crippen molar-refractivity contribution < 1.29 is 33.6 Å². The van der Waals surface area contributed by atoms with Crippen molar-refractivity contribution in [1.29, 1.82) is 0 Å². The third-order valence-corrected chi connectivity index (χ3v) is 7.35. The number of ether oxygens (including phenoxy) is 4. The summed E-state index contributed by atoms with van der Waals surface area (Å²) in [6, 6.07) is 19.3. The predicted octanol–water partition coefficient (Wildman–Crippen LogP) is 5.70. The van der Waals surface area contributed by atoms with E-state index in [1.807, 2.05) is 36.4 Å². The maximum atomic E-state index is 13.5. The number of aliphatic hydroxyl groups excluding tert-OH is 1. The topological polar surface area (TPSA) is 94.5 Å². The van der Waals surface area contributed by atoms with Gasteiger partial charge in [0.2, 0.25) is 0 Å². The monoisotopic (exact) mass is 557 g/mol. The van der Waals surface area contributed by atoms with E-state index < -0.39 is 17.7 Å². The summed E-state index contributed by atoms with van der Waals surface area (Å²) in [5.41, 5.74) is 2.05. The van der Waals surface area contributed by atoms with E-state index >= 15 is 0 Å². The first kappa shape index (κ1) is 28.1. The van der Waals surface area contributed by atoms with Crippen molar-refractivity contribution in [2.75, 3.05) is 33.5 Å². The summed E-state index contributed by atoms with van der Waals surface area (Å²) in [7, 11) is 1.56. The number of aliphatic hydroxyl groups is 1. The van der Waals surface area contributed by atoms with Gasteiger partial charge in [-0.2, -0.15) is 0 Å². The van der Waals surface area contributed by atoms with Crippen LogP contribution in [0.1, 0.15) is 48.9 Å². The molecule has 0 bridgehead atoms. The molecule has 0 spiro atoms. The van der Waals surface area contributed by atoms with Crippen LogP contribution in [-0.4, -0.2) is 55.2 Å². The number of ketones is 1. The lowest BCUT2D eigenvalue weighted by Gasteiger charge is -2.26. The number of rotatable bonds is 11. The molecule has 2 heterocycles. The molecule has 0 aliphatic carbocycles. The van der Waals surface area contributed by atoms with Crippen LogP contribution in [-0.2, 0) is 16.0 Å². The fourth-order valence-corrected chi connectivity index (χ4v) is 5.21. The molecule has 1 fully saturated rings. The van der Waals surface area contributed by atoms with E-state index in [9.17, 15) is 14.7 Å². The first-order chi connectivity index (χ1) is 20.0. The van der Waals surface area contributed by atoms with E-state index in [2.05, 4.69) is 6.92 Å². The van der Waals surface area contributed by atoms with E-state index in [0.717, 1.165) is 24.8 Å². The van der Waals surface area contributed by atoms with Crippen molar-refractivity contribution in [3.05, 3.63) is 89.0 Å². The summed E-state index contributed by atoms with van der Waals surface area (Å²) in [5.74, 6) is 0.435. The molecular weight excluding hydrogens is 522 g/mol. The fourth-order valence-electron chi connectivity index (χ4n) is 5.21. The molecule has 0 saturated carbocycles. The van der Waals surface area contributed by atoms with Crippen LogP contribution in [0.4, 0.5) is 0 Å². The third-order valence-electron chi connectivity index (χ3n) is 7.35. The number of carbonyl (C=O) groups is 2. The first-order valence-corrected chi connectivity index (χ1v) is 14.0. The number of methoxy groups -OCH3 is 1. The van der Waals surface area contributed by atoms with Crippen LogP contribution in [0.5, 0.6) is 23.0 Å². The second-order valence-corrected chi connectivity index (χ2v) is 10.1. The Balaban J connectivity index is 1.54. The minimum atomic E-state index is -0.824. The number of nitrogens with zero attached hydrogens (tertiary/aromatic N) is 1. The van der Waals surface area contributed by atoms with Crippen molar-refractivity contribution >= 4 is 17.4 Å². The van der Waals surface area contributed by atoms with Crippen LogP contribution >= 0.6 is 0 Å². The molecule has 5 rings (SSSR count). The summed E-state index contributed by atoms with van der Waals surface area (Å²) in [5, 5.41) is 11.5. The highest BCUT2D eigenvalue weighted by Crippen LogP contribution is 2.43. The zero-order chi connectivity index (χ0) is 28.8. The van der Waals surface area contributed by atoms with E-state index in [0.29, 0.717) is 60.4 Å². The van der Waals surface area contributed by atoms with Gasteiger partial charge in [0.25, 0.3) is 11.7 Å². The molecule has 3 aromatic carbocycles. The number of likely N-dealkylation sites (tertiary alicyclic amines) is 1. The van der Waals surface area contributed by atoms with Gasteiger partial charge < -0.3 is 29.0 Å². The molecular formula is C33H35NO7. The lowest BCUT2D eigenvalue weighted by Crippen LogP contribution is -2.31. The van der Waals surface area contributed by atoms with Crippen LogP contribution in [0.25, 0.3) is 5.76 Å². The Bertz CT molecular complexity index is 1430. The Labute approximate surface area is 240 Å². The Hall–Kier alpha value is -4.46. The van der Waals surface area contributed by atoms with Crippen LogP contribution in [0.15, 0.2) is 72.3 Å². The Morgan fingerprint density at radius 3 is 2.49 bits per heavy atom. The van der Waals surface area contributed by atoms with Crippen molar-refractivity contribution in [3.63, 3.8) is 0 Å². The van der Waals surface area contributed by atoms with Crippen LogP contribution in [0.3, 0.4) is 0 Å². The number of carbonyl (C=O) groups excluding carboxylic acids is 2. The molecule has 214 valence electrons. The highest BCUT2D eigenvalue weighted by atomic mass is 16.6. The molecule has 2 aliphatic rings. The Kier molecular flexibility index (Phi) is 8.77. The largest absolute Gasteiger partial charge is 0.507 e. The molecule has 3 aromatic rings. The van der Waals surface area contributed by atoms with Crippen LogP contribution in [0, 0.1) is 0 Å². The lowest BCUT2D eigenvalue weighted by atomic mass is 9.94. The maximum absolute atomic E-state index is 13.5. The van der Waals surface area contributed by atoms with Gasteiger partial charge in [-0.15, -0.1) is 0 Å². The number of benzene rings is 3. The molecule has 41 heavy (non-hydrogen) atoms. The number of unbranched alkanes of at least 4 members (excludes halogenated alkanes) is 2. The summed E-state index contributed by atoms with van der Waals surface area (Å²) < 4.78 is 22.9. The van der Waals surface area contributed by atoms with E-state index in [1.165, 1.54) is 4.90 Å². The van der Waals surface area contributed by atoms with Crippen LogP contribution < -0.4 is 18.9 Å². The van der Waals surface area contributed by atoms with Gasteiger partial charge in [0.1, 0.15) is 19.0 Å². The highest BCUT2D eigenvalue weighted by molar-refractivity contribution is 6.46. The molecule has 8 heteroatoms. The molecule has 8 nitrogen and oxygen atoms in total. The smallest absolute Gasteiger partial charge is 0.295 e. The van der Waals surface area contributed by atoms with Gasteiger partial charge in [-0.1, -0.05) is 56.2 Å². The minimum Gasteiger partial charge on any atom is -0.507 e. The quantitative estimate of drug-likeness (QED) is 0.140. The lowest BCUT2D eigenvalue weighted by molar-refractivity contribution is -0.139. The Morgan fingerprint density at radius 1 is 0.951 bits per heavy atom. The fraction of sp³-hybridized carbons (Fsp3) is 0.333. The number of hydrogen-bond donors (Lipinski definition) is 1.